The summed E-state index contributed by atoms with van der Waals surface area (Å²) in [6.07, 6.45) is 7.31. The monoisotopic (exact) mass is 411 g/mol. The van der Waals surface area contributed by atoms with Gasteiger partial charge in [0.2, 0.25) is 0 Å². The van der Waals surface area contributed by atoms with Crippen molar-refractivity contribution in [2.45, 2.75) is 50.6 Å². The number of sulfonamides is 1. The largest absolute Gasteiger partial charge is 0.333 e. The van der Waals surface area contributed by atoms with Crippen LogP contribution in [0.1, 0.15) is 40.8 Å². The zero-order valence-corrected chi connectivity index (χ0v) is 19.4. The number of rotatable bonds is 3. The average molecular weight is 412 g/mol. The number of fused-ring (bicyclic) bond motifs is 2. The second-order valence-corrected chi connectivity index (χ2v) is 8.35. The van der Waals surface area contributed by atoms with E-state index in [1.807, 2.05) is 4.72 Å². The maximum absolute atomic E-state index is 12.4. The molecule has 0 unspecified atom stereocenters. The van der Waals surface area contributed by atoms with Crippen LogP contribution in [0.3, 0.4) is 0 Å². The van der Waals surface area contributed by atoms with Gasteiger partial charge in [0.15, 0.2) is 0 Å². The Bertz CT molecular complexity index is 976. The van der Waals surface area contributed by atoms with Gasteiger partial charge >= 0.3 is 16.1 Å². The van der Waals surface area contributed by atoms with E-state index in [9.17, 15) is 13.2 Å². The van der Waals surface area contributed by atoms with Gasteiger partial charge in [0, 0.05) is 69.0 Å². The summed E-state index contributed by atoms with van der Waals surface area (Å²) in [5, 5.41) is 2.39. The van der Waals surface area contributed by atoms with Crippen LogP contribution in [0.2, 0.25) is 0 Å². The quantitative estimate of drug-likeness (QED) is 0.593. The summed E-state index contributed by atoms with van der Waals surface area (Å²) >= 11 is 0. The third-order valence-corrected chi connectivity index (χ3v) is 6.08. The first-order valence-corrected chi connectivity index (χ1v) is 10.2. The molecular formula is C18H20KN4O3S. The van der Waals surface area contributed by atoms with Crippen molar-refractivity contribution >= 4 is 73.1 Å². The van der Waals surface area contributed by atoms with E-state index in [0.717, 1.165) is 55.3 Å². The fourth-order valence-corrected chi connectivity index (χ4v) is 4.68. The van der Waals surface area contributed by atoms with Crippen molar-refractivity contribution in [1.82, 2.24) is 14.7 Å². The number of hydrogen-bond acceptors (Lipinski definition) is 5. The van der Waals surface area contributed by atoms with Crippen LogP contribution >= 0.6 is 0 Å². The van der Waals surface area contributed by atoms with E-state index in [1.54, 1.807) is 13.0 Å². The molecule has 1 radical (unpaired) electrons. The number of hydrogen-bond donors (Lipinski definition) is 2. The Morgan fingerprint density at radius 3 is 2.30 bits per heavy atom. The molecule has 0 atom stereocenters. The standard InChI is InChI=1S/C18H20N4O3S.K/c1-11-8-9-19-18(20-11)26(24,25)22-17(23)21-16-14-6-2-4-12(14)10-13-5-3-7-15(13)16;/h8-10H,2-7H2,1H3,(H2,21,22,23);. The number of benzene rings is 1. The van der Waals surface area contributed by atoms with Crippen LogP contribution in [-0.4, -0.2) is 75.8 Å². The van der Waals surface area contributed by atoms with Gasteiger partial charge in [0.05, 0.1) is 0 Å². The number of nitrogens with zero attached hydrogens (tertiary/aromatic N) is 2. The van der Waals surface area contributed by atoms with Crippen molar-refractivity contribution in [3.8, 4) is 0 Å². The fraction of sp³-hybridized carbons (Fsp3) is 0.389. The molecule has 2 aliphatic rings. The Morgan fingerprint density at radius 1 is 1.07 bits per heavy atom. The van der Waals surface area contributed by atoms with Gasteiger partial charge in [-0.05, 0) is 73.8 Å². The van der Waals surface area contributed by atoms with E-state index in [1.165, 1.54) is 17.3 Å². The molecular weight excluding hydrogens is 391 g/mol. The number of anilines is 1. The van der Waals surface area contributed by atoms with Crippen molar-refractivity contribution in [2.75, 3.05) is 5.32 Å². The molecule has 2 N–H and O–H groups in total. The normalized spacial score (nSPS) is 14.9. The summed E-state index contributed by atoms with van der Waals surface area (Å²) in [5.41, 5.74) is 6.14. The number of carbonyl (C=O) groups excluding carboxylic acids is 1. The molecule has 0 spiro atoms. The number of carbonyl (C=O) groups is 1. The van der Waals surface area contributed by atoms with Crippen LogP contribution in [0.15, 0.2) is 23.5 Å². The third-order valence-electron chi connectivity index (χ3n) is 4.95. The van der Waals surface area contributed by atoms with Crippen molar-refractivity contribution in [3.05, 3.63) is 46.3 Å². The zero-order chi connectivity index (χ0) is 18.3. The number of amides is 2. The maximum Gasteiger partial charge on any atom is 0.333 e. The second-order valence-electron chi connectivity index (χ2n) is 6.77. The van der Waals surface area contributed by atoms with Crippen molar-refractivity contribution in [1.29, 1.82) is 0 Å². The fourth-order valence-electron chi connectivity index (χ4n) is 3.83. The van der Waals surface area contributed by atoms with E-state index in [2.05, 4.69) is 21.4 Å². The summed E-state index contributed by atoms with van der Waals surface area (Å²) in [6, 6.07) is 3.07. The van der Waals surface area contributed by atoms with E-state index >= 15 is 0 Å². The minimum atomic E-state index is -4.11. The van der Waals surface area contributed by atoms with Gasteiger partial charge < -0.3 is 5.32 Å². The van der Waals surface area contributed by atoms with Gasteiger partial charge in [-0.25, -0.2) is 19.5 Å². The van der Waals surface area contributed by atoms with Crippen molar-refractivity contribution in [3.63, 3.8) is 0 Å². The molecule has 0 saturated carbocycles. The van der Waals surface area contributed by atoms with Gasteiger partial charge in [-0.1, -0.05) is 6.07 Å². The third kappa shape index (κ3) is 4.28. The van der Waals surface area contributed by atoms with Crippen LogP contribution < -0.4 is 10.0 Å². The van der Waals surface area contributed by atoms with Crippen molar-refractivity contribution < 1.29 is 13.2 Å². The topological polar surface area (TPSA) is 101 Å². The molecule has 0 fully saturated rings. The SMILES string of the molecule is Cc1ccnc(S(=O)(=O)NC(=O)Nc2c3c(cc4c2CCC4)CCC3)n1.[K]. The average Bonchev–Trinajstić information content (AvgIpc) is 3.23. The van der Waals surface area contributed by atoms with Crippen LogP contribution in [0.5, 0.6) is 0 Å². The Balaban J connectivity index is 0.00000210. The molecule has 1 aromatic carbocycles. The summed E-state index contributed by atoms with van der Waals surface area (Å²) < 4.78 is 26.7. The molecule has 4 rings (SSSR count). The summed E-state index contributed by atoms with van der Waals surface area (Å²) in [7, 11) is -4.11. The first kappa shape index (κ1) is 20.9. The van der Waals surface area contributed by atoms with Crippen LogP contribution in [0.4, 0.5) is 10.5 Å². The number of aryl methyl sites for hydroxylation is 3. The van der Waals surface area contributed by atoms with E-state index in [-0.39, 0.29) is 51.4 Å². The smallest absolute Gasteiger partial charge is 0.307 e. The maximum atomic E-state index is 12.4. The first-order chi connectivity index (χ1) is 12.4. The minimum absolute atomic E-state index is 0. The molecule has 2 aromatic rings. The second kappa shape index (κ2) is 8.26. The Kier molecular flexibility index (Phi) is 6.39. The van der Waals surface area contributed by atoms with Crippen molar-refractivity contribution in [2.24, 2.45) is 0 Å². The Hall–Kier alpha value is -0.844. The minimum Gasteiger partial charge on any atom is -0.307 e. The Labute approximate surface area is 201 Å². The zero-order valence-electron chi connectivity index (χ0n) is 15.5. The predicted molar refractivity (Wildman–Crippen MR) is 102 cm³/mol. The van der Waals surface area contributed by atoms with Gasteiger partial charge in [-0.3, -0.25) is 0 Å². The molecule has 2 aliphatic carbocycles. The van der Waals surface area contributed by atoms with Gasteiger partial charge in [0.25, 0.3) is 5.16 Å². The first-order valence-electron chi connectivity index (χ1n) is 8.74. The van der Waals surface area contributed by atoms with Crippen LogP contribution in [0.25, 0.3) is 0 Å². The molecule has 1 aromatic heterocycles. The Morgan fingerprint density at radius 2 is 1.70 bits per heavy atom. The molecule has 0 aliphatic heterocycles. The van der Waals surface area contributed by atoms with Gasteiger partial charge in [0.1, 0.15) is 0 Å². The summed E-state index contributed by atoms with van der Waals surface area (Å²) in [5.74, 6) is 0. The molecule has 9 heteroatoms. The molecule has 0 bridgehead atoms. The molecule has 2 amide bonds. The van der Waals surface area contributed by atoms with E-state index in [0.29, 0.717) is 5.69 Å². The molecule has 1 heterocycles. The summed E-state index contributed by atoms with van der Waals surface area (Å²) in [6.45, 7) is 1.66. The van der Waals surface area contributed by atoms with E-state index < -0.39 is 21.2 Å². The molecule has 27 heavy (non-hydrogen) atoms. The molecule has 137 valence electrons. The van der Waals surface area contributed by atoms with Gasteiger partial charge in [-0.2, -0.15) is 8.42 Å². The van der Waals surface area contributed by atoms with E-state index in [4.69, 9.17) is 0 Å². The number of aromatic nitrogens is 2. The predicted octanol–water partition coefficient (Wildman–Crippen LogP) is 1.89. The number of urea groups is 1. The van der Waals surface area contributed by atoms with Gasteiger partial charge in [-0.15, -0.1) is 0 Å². The molecule has 7 nitrogen and oxygen atoms in total. The summed E-state index contributed by atoms with van der Waals surface area (Å²) in [4.78, 5) is 20.1. The van der Waals surface area contributed by atoms with Crippen LogP contribution in [0, 0.1) is 6.92 Å². The molecule has 0 saturated heterocycles. The number of nitrogens with one attached hydrogen (secondary N) is 2. The van der Waals surface area contributed by atoms with Crippen LogP contribution in [-0.2, 0) is 35.7 Å².